The van der Waals surface area contributed by atoms with Crippen molar-refractivity contribution >= 4 is 0 Å². The van der Waals surface area contributed by atoms with Gasteiger partial charge in [-0.2, -0.15) is 0 Å². The molecule has 4 heterocycles. The van der Waals surface area contributed by atoms with E-state index in [0.29, 0.717) is 12.3 Å². The van der Waals surface area contributed by atoms with E-state index in [1.165, 1.54) is 13.8 Å². The molecule has 5 rings (SSSR count). The molecule has 70 heavy (non-hydrogen) atoms. The molecule has 5 fully saturated rings. The fourth-order valence-electron chi connectivity index (χ4n) is 11.3. The second-order valence-corrected chi connectivity index (χ2v) is 21.7. The lowest BCUT2D eigenvalue weighted by atomic mass is 9.56. The summed E-state index contributed by atoms with van der Waals surface area (Å²) in [6.45, 7) is 13.6. The first-order chi connectivity index (χ1) is 32.8. The molecule has 4 aliphatic heterocycles. The van der Waals surface area contributed by atoms with Gasteiger partial charge in [-0.3, -0.25) is 0 Å². The largest absolute Gasteiger partial charge is 0.394 e. The van der Waals surface area contributed by atoms with Crippen molar-refractivity contribution in [1.29, 1.82) is 0 Å². The summed E-state index contributed by atoms with van der Waals surface area (Å²) in [6.07, 6.45) is -23.6. The van der Waals surface area contributed by atoms with Gasteiger partial charge in [0.1, 0.15) is 91.6 Å². The third-order valence-corrected chi connectivity index (χ3v) is 16.1. The summed E-state index contributed by atoms with van der Waals surface area (Å²) in [5, 5.41) is 149. The summed E-state index contributed by atoms with van der Waals surface area (Å²) in [5.41, 5.74) is -2.55. The molecule has 0 amide bonds. The maximum Gasteiger partial charge on any atom is 0.187 e. The molecule has 14 N–H and O–H groups in total. The van der Waals surface area contributed by atoms with Gasteiger partial charge in [0.05, 0.1) is 44.7 Å². The molecule has 1 aliphatic carbocycles. The van der Waals surface area contributed by atoms with Crippen LogP contribution in [0.4, 0.5) is 0 Å². The summed E-state index contributed by atoms with van der Waals surface area (Å²) >= 11 is 0. The van der Waals surface area contributed by atoms with Gasteiger partial charge in [-0.1, -0.05) is 60.1 Å². The number of aliphatic hydroxyl groups is 14. The molecule has 25 atom stereocenters. The molecule has 0 bridgehead atoms. The zero-order valence-electron chi connectivity index (χ0n) is 41.8. The van der Waals surface area contributed by atoms with E-state index in [1.807, 2.05) is 0 Å². The molecule has 22 nitrogen and oxygen atoms in total. The number of hydrogen-bond acceptors (Lipinski definition) is 22. The Bertz CT molecular complexity index is 1600. The molecule has 0 aromatic carbocycles. The lowest BCUT2D eigenvalue weighted by Crippen LogP contribution is -2.65. The third-order valence-electron chi connectivity index (χ3n) is 16.1. The smallest absolute Gasteiger partial charge is 0.187 e. The third kappa shape index (κ3) is 13.1. The van der Waals surface area contributed by atoms with E-state index >= 15 is 0 Å². The highest BCUT2D eigenvalue weighted by atomic mass is 16.8. The molecule has 0 aromatic heterocycles. The van der Waals surface area contributed by atoms with Gasteiger partial charge >= 0.3 is 0 Å². The Morgan fingerprint density at radius 2 is 1.23 bits per heavy atom. The molecule has 0 spiro atoms. The standard InChI is InChI=1S/C48H86O22/c1-9-24(12-10-11-22(2)3)47(7)16-15-25(48(47,8)21-65-43-39(60)35(56)32(53)27(17-49)66-43)23(4)13-14-30(46(5,6)62)69-45-41(70-44-40(61)36(57)33(54)28(18-50)67-44)37(58)34(55)29(68-45)20-64-42-38(59)31(52)26(51)19-63-42/h10-11,22-45,49-62H,9,12-21H2,1-8H3/b11-10+/t23-,24?,25-,26?,27?,28?,29?,30?,31?,32?,33?,34?,35?,36?,37?,38?,39?,40?,41?,42?,43?,44?,45?,47+,48-/m1/s1. The van der Waals surface area contributed by atoms with E-state index in [1.54, 1.807) is 0 Å². The Kier molecular flexibility index (Phi) is 21.4. The van der Waals surface area contributed by atoms with Gasteiger partial charge in [-0.15, -0.1) is 0 Å². The van der Waals surface area contributed by atoms with Gasteiger partial charge < -0.3 is 109 Å². The zero-order valence-corrected chi connectivity index (χ0v) is 41.8. The lowest BCUT2D eigenvalue weighted by Gasteiger charge is -2.51. The Morgan fingerprint density at radius 1 is 0.671 bits per heavy atom. The van der Waals surface area contributed by atoms with Crippen LogP contribution in [0.25, 0.3) is 0 Å². The van der Waals surface area contributed by atoms with Crippen LogP contribution in [0.3, 0.4) is 0 Å². The Labute approximate surface area is 410 Å². The Balaban J connectivity index is 1.41. The van der Waals surface area contributed by atoms with Gasteiger partial charge in [-0.05, 0) is 80.5 Å². The molecule has 0 aromatic rings. The van der Waals surface area contributed by atoms with Gasteiger partial charge in [0.2, 0.25) is 0 Å². The molecular formula is C48H86O22. The highest BCUT2D eigenvalue weighted by Crippen LogP contribution is 2.63. The monoisotopic (exact) mass is 1010 g/mol. The minimum atomic E-state index is -1.92. The van der Waals surface area contributed by atoms with Gasteiger partial charge in [0, 0.05) is 0 Å². The van der Waals surface area contributed by atoms with Crippen molar-refractivity contribution in [3.8, 4) is 0 Å². The van der Waals surface area contributed by atoms with E-state index in [2.05, 4.69) is 53.7 Å². The number of ether oxygens (including phenoxy) is 8. The highest BCUT2D eigenvalue weighted by molar-refractivity contribution is 5.08. The molecule has 1 saturated carbocycles. The maximum atomic E-state index is 11.7. The normalized spacial score (nSPS) is 45.6. The molecule has 410 valence electrons. The Hall–Kier alpha value is -1.14. The van der Waals surface area contributed by atoms with Crippen LogP contribution in [0.15, 0.2) is 12.2 Å². The predicted molar refractivity (Wildman–Crippen MR) is 244 cm³/mol. The van der Waals surface area contributed by atoms with Gasteiger partial charge in [0.15, 0.2) is 25.2 Å². The summed E-state index contributed by atoms with van der Waals surface area (Å²) in [6, 6.07) is 0. The fourth-order valence-corrected chi connectivity index (χ4v) is 11.3. The molecule has 21 unspecified atom stereocenters. The first-order valence-electron chi connectivity index (χ1n) is 25.0. The minimum absolute atomic E-state index is 0.0448. The van der Waals surface area contributed by atoms with Crippen molar-refractivity contribution in [2.75, 3.05) is 33.0 Å². The molecule has 0 radical (unpaired) electrons. The quantitative estimate of drug-likeness (QED) is 0.0499. The summed E-state index contributed by atoms with van der Waals surface area (Å²) in [7, 11) is 0. The first kappa shape index (κ1) is 59.7. The van der Waals surface area contributed by atoms with Gasteiger partial charge in [-0.25, -0.2) is 0 Å². The molecule has 5 aliphatic rings. The number of rotatable bonds is 22. The van der Waals surface area contributed by atoms with Crippen molar-refractivity contribution in [1.82, 2.24) is 0 Å². The Morgan fingerprint density at radius 3 is 1.80 bits per heavy atom. The van der Waals surface area contributed by atoms with E-state index < -0.39 is 154 Å². The average Bonchev–Trinajstić information content (AvgIpc) is 3.58. The zero-order chi connectivity index (χ0) is 52.2. The number of allylic oxidation sites excluding steroid dienone is 2. The summed E-state index contributed by atoms with van der Waals surface area (Å²) < 4.78 is 47.4. The maximum absolute atomic E-state index is 11.7. The SMILES string of the molecule is CCC(C/C=C/C(C)C)[C@]1(C)CC[C@H]([C@H](C)CCC(OC2OC(COC3OCC(O)C(O)C3O)C(O)C(O)C2OC2OC(CO)C(O)C(O)C2O)C(C)(C)O)[C@@]1(C)COC1OC(CO)C(O)C(O)C1O. The number of hydrogen-bond donors (Lipinski definition) is 14. The van der Waals surface area contributed by atoms with Crippen LogP contribution in [-0.2, 0) is 37.9 Å². The van der Waals surface area contributed by atoms with Crippen molar-refractivity contribution < 1.29 is 109 Å². The van der Waals surface area contributed by atoms with Crippen LogP contribution in [0.5, 0.6) is 0 Å². The van der Waals surface area contributed by atoms with Crippen LogP contribution in [0.1, 0.15) is 93.9 Å². The van der Waals surface area contributed by atoms with E-state index in [0.717, 1.165) is 25.7 Å². The second-order valence-electron chi connectivity index (χ2n) is 21.7. The second kappa shape index (κ2) is 25.1. The first-order valence-corrected chi connectivity index (χ1v) is 25.0. The van der Waals surface area contributed by atoms with E-state index in [9.17, 15) is 71.5 Å². The summed E-state index contributed by atoms with van der Waals surface area (Å²) in [4.78, 5) is 0. The molecular weight excluding hydrogens is 929 g/mol. The predicted octanol–water partition coefficient (Wildman–Crippen LogP) is -2.49. The van der Waals surface area contributed by atoms with Crippen LogP contribution < -0.4 is 0 Å². The molecule has 22 heteroatoms. The van der Waals surface area contributed by atoms with Gasteiger partial charge in [0.25, 0.3) is 0 Å². The highest BCUT2D eigenvalue weighted by Gasteiger charge is 2.59. The van der Waals surface area contributed by atoms with Crippen LogP contribution >= 0.6 is 0 Å². The molecule has 4 saturated heterocycles. The fraction of sp³-hybridized carbons (Fsp3) is 0.958. The van der Waals surface area contributed by atoms with Crippen LogP contribution in [0, 0.1) is 34.5 Å². The lowest BCUT2D eigenvalue weighted by molar-refractivity contribution is -0.379. The van der Waals surface area contributed by atoms with E-state index in [-0.39, 0.29) is 42.8 Å². The average molecular weight is 1020 g/mol. The van der Waals surface area contributed by atoms with Crippen molar-refractivity contribution in [2.24, 2.45) is 34.5 Å². The topological polar surface area (TPSA) is 357 Å². The minimum Gasteiger partial charge on any atom is -0.394 e. The van der Waals surface area contributed by atoms with Crippen LogP contribution in [-0.4, -0.2) is 233 Å². The van der Waals surface area contributed by atoms with Crippen molar-refractivity contribution in [3.63, 3.8) is 0 Å². The van der Waals surface area contributed by atoms with E-state index in [4.69, 9.17) is 37.9 Å². The van der Waals surface area contributed by atoms with Crippen molar-refractivity contribution in [2.45, 2.75) is 222 Å². The van der Waals surface area contributed by atoms with Crippen molar-refractivity contribution in [3.05, 3.63) is 12.2 Å². The summed E-state index contributed by atoms with van der Waals surface area (Å²) in [5.74, 6) is 0.408. The number of aliphatic hydroxyl groups excluding tert-OH is 13. The van der Waals surface area contributed by atoms with Crippen LogP contribution in [0.2, 0.25) is 0 Å².